The second-order valence-corrected chi connectivity index (χ2v) is 4.43. The van der Waals surface area contributed by atoms with Crippen LogP contribution in [0.1, 0.15) is 24.8 Å². The van der Waals surface area contributed by atoms with Crippen LogP contribution in [0.4, 0.5) is 8.78 Å². The highest BCUT2D eigenvalue weighted by molar-refractivity contribution is 5.32. The lowest BCUT2D eigenvalue weighted by Gasteiger charge is -2.23. The van der Waals surface area contributed by atoms with Crippen molar-refractivity contribution < 1.29 is 13.5 Å². The van der Waals surface area contributed by atoms with Crippen LogP contribution in [0.2, 0.25) is 0 Å². The molecule has 0 radical (unpaired) electrons. The average molecular weight is 241 g/mol. The molecule has 94 valence electrons. The van der Waals surface area contributed by atoms with Crippen LogP contribution in [0.15, 0.2) is 12.1 Å². The largest absolute Gasteiger partial charge is 0.494 e. The number of rotatable bonds is 3. The third-order valence-electron chi connectivity index (χ3n) is 3.20. The highest BCUT2D eigenvalue weighted by Gasteiger charge is 2.17. The maximum Gasteiger partial charge on any atom is 0.167 e. The van der Waals surface area contributed by atoms with Crippen LogP contribution in [-0.2, 0) is 6.42 Å². The Morgan fingerprint density at radius 1 is 1.29 bits per heavy atom. The molecule has 0 aliphatic carbocycles. The number of ether oxygens (including phenoxy) is 1. The molecule has 1 N–H and O–H groups in total. The molecule has 1 aromatic rings. The first kappa shape index (κ1) is 12.3. The van der Waals surface area contributed by atoms with Crippen LogP contribution in [0.25, 0.3) is 0 Å². The van der Waals surface area contributed by atoms with Gasteiger partial charge in [-0.1, -0.05) is 6.42 Å². The summed E-state index contributed by atoms with van der Waals surface area (Å²) in [6.07, 6.45) is 3.96. The molecule has 1 saturated heterocycles. The highest BCUT2D eigenvalue weighted by Crippen LogP contribution is 2.23. The summed E-state index contributed by atoms with van der Waals surface area (Å²) in [5, 5.41) is 3.35. The van der Waals surface area contributed by atoms with Crippen LogP contribution in [-0.4, -0.2) is 19.7 Å². The minimum atomic E-state index is -0.648. The van der Waals surface area contributed by atoms with Crippen molar-refractivity contribution in [3.05, 3.63) is 29.3 Å². The first-order valence-electron chi connectivity index (χ1n) is 5.96. The van der Waals surface area contributed by atoms with Gasteiger partial charge in [-0.25, -0.2) is 8.78 Å². The van der Waals surface area contributed by atoms with E-state index < -0.39 is 11.6 Å². The van der Waals surface area contributed by atoms with Gasteiger partial charge in [0, 0.05) is 12.1 Å². The van der Waals surface area contributed by atoms with Gasteiger partial charge in [0.1, 0.15) is 5.82 Å². The molecule has 1 aliphatic rings. The summed E-state index contributed by atoms with van der Waals surface area (Å²) in [7, 11) is 1.39. The third-order valence-corrected chi connectivity index (χ3v) is 3.20. The van der Waals surface area contributed by atoms with Crippen molar-refractivity contribution in [3.63, 3.8) is 0 Å². The van der Waals surface area contributed by atoms with Gasteiger partial charge in [0.25, 0.3) is 0 Å². The number of methoxy groups -OCH3 is 1. The maximum absolute atomic E-state index is 13.6. The van der Waals surface area contributed by atoms with E-state index in [1.165, 1.54) is 19.6 Å². The molecule has 4 heteroatoms. The van der Waals surface area contributed by atoms with Gasteiger partial charge in [0.2, 0.25) is 0 Å². The molecular weight excluding hydrogens is 224 g/mol. The second-order valence-electron chi connectivity index (χ2n) is 4.43. The van der Waals surface area contributed by atoms with E-state index in [9.17, 15) is 8.78 Å². The number of benzene rings is 1. The lowest BCUT2D eigenvalue weighted by Crippen LogP contribution is -2.35. The van der Waals surface area contributed by atoms with E-state index >= 15 is 0 Å². The quantitative estimate of drug-likeness (QED) is 0.878. The van der Waals surface area contributed by atoms with Crippen molar-refractivity contribution in [2.75, 3.05) is 13.7 Å². The lowest BCUT2D eigenvalue weighted by molar-refractivity contribution is 0.376. The Hall–Kier alpha value is -1.16. The molecule has 1 aromatic carbocycles. The van der Waals surface area contributed by atoms with Crippen molar-refractivity contribution >= 4 is 0 Å². The predicted octanol–water partition coefficient (Wildman–Crippen LogP) is 2.66. The van der Waals surface area contributed by atoms with Crippen molar-refractivity contribution in [3.8, 4) is 5.75 Å². The van der Waals surface area contributed by atoms with Crippen molar-refractivity contribution in [1.82, 2.24) is 5.32 Å². The Bertz CT molecular complexity index is 389. The smallest absolute Gasteiger partial charge is 0.167 e. The molecule has 0 amide bonds. The third kappa shape index (κ3) is 2.94. The Balaban J connectivity index is 2.13. The fourth-order valence-corrected chi connectivity index (χ4v) is 2.25. The summed E-state index contributed by atoms with van der Waals surface area (Å²) >= 11 is 0. The number of hydrogen-bond acceptors (Lipinski definition) is 2. The molecule has 2 nitrogen and oxygen atoms in total. The molecule has 0 aromatic heterocycles. The predicted molar refractivity (Wildman–Crippen MR) is 62.3 cm³/mol. The number of halogens is 2. The van der Waals surface area contributed by atoms with Crippen LogP contribution in [0.3, 0.4) is 0 Å². The zero-order valence-electron chi connectivity index (χ0n) is 9.93. The molecule has 17 heavy (non-hydrogen) atoms. The van der Waals surface area contributed by atoms with Crippen molar-refractivity contribution in [2.24, 2.45) is 0 Å². The minimum absolute atomic E-state index is 0.109. The summed E-state index contributed by atoms with van der Waals surface area (Å²) in [5.41, 5.74) is 0.516. The van der Waals surface area contributed by atoms with Gasteiger partial charge in [0.05, 0.1) is 7.11 Å². The van der Waals surface area contributed by atoms with E-state index in [0.29, 0.717) is 12.0 Å². The van der Waals surface area contributed by atoms with Gasteiger partial charge in [-0.3, -0.25) is 0 Å². The standard InChI is InChI=1S/C13H17F2NO/c1-17-13-7-9(11(14)8-12(13)15)6-10-4-2-3-5-16-10/h7-8,10,16H,2-6H2,1H3. The Labute approximate surface area is 100.0 Å². The van der Waals surface area contributed by atoms with Crippen molar-refractivity contribution in [2.45, 2.75) is 31.7 Å². The summed E-state index contributed by atoms with van der Waals surface area (Å²) in [4.78, 5) is 0. The molecule has 0 spiro atoms. The van der Waals surface area contributed by atoms with E-state index in [0.717, 1.165) is 25.5 Å². The SMILES string of the molecule is COc1cc(CC2CCCCN2)c(F)cc1F. The van der Waals surface area contributed by atoms with Crippen LogP contribution >= 0.6 is 0 Å². The maximum atomic E-state index is 13.6. The van der Waals surface area contributed by atoms with Crippen LogP contribution in [0, 0.1) is 11.6 Å². The van der Waals surface area contributed by atoms with Gasteiger partial charge < -0.3 is 10.1 Å². The van der Waals surface area contributed by atoms with E-state index in [-0.39, 0.29) is 11.8 Å². The highest BCUT2D eigenvalue weighted by atomic mass is 19.1. The molecule has 1 fully saturated rings. The molecule has 1 heterocycles. The summed E-state index contributed by atoms with van der Waals surface area (Å²) in [5.74, 6) is -1.03. The molecule has 1 unspecified atom stereocenters. The number of nitrogens with one attached hydrogen (secondary N) is 1. The van der Waals surface area contributed by atoms with Gasteiger partial charge in [-0.2, -0.15) is 0 Å². The fraction of sp³-hybridized carbons (Fsp3) is 0.538. The first-order valence-corrected chi connectivity index (χ1v) is 5.96. The molecule has 0 saturated carbocycles. The Morgan fingerprint density at radius 3 is 2.76 bits per heavy atom. The minimum Gasteiger partial charge on any atom is -0.494 e. The normalized spacial score (nSPS) is 20.3. The monoisotopic (exact) mass is 241 g/mol. The first-order chi connectivity index (χ1) is 8.20. The fourth-order valence-electron chi connectivity index (χ4n) is 2.25. The molecule has 0 bridgehead atoms. The van der Waals surface area contributed by atoms with Gasteiger partial charge in [0.15, 0.2) is 11.6 Å². The number of piperidine rings is 1. The van der Waals surface area contributed by atoms with E-state index in [1.54, 1.807) is 0 Å². The van der Waals surface area contributed by atoms with Gasteiger partial charge in [-0.05, 0) is 37.4 Å². The number of hydrogen-bond donors (Lipinski definition) is 1. The van der Waals surface area contributed by atoms with E-state index in [2.05, 4.69) is 5.32 Å². The van der Waals surface area contributed by atoms with Crippen LogP contribution < -0.4 is 10.1 Å². The zero-order chi connectivity index (χ0) is 12.3. The molecule has 1 atom stereocenters. The summed E-state index contributed by atoms with van der Waals surface area (Å²) in [6, 6.07) is 2.64. The summed E-state index contributed by atoms with van der Waals surface area (Å²) in [6.45, 7) is 0.977. The molecule has 2 rings (SSSR count). The Morgan fingerprint density at radius 2 is 2.12 bits per heavy atom. The molecule has 1 aliphatic heterocycles. The van der Waals surface area contributed by atoms with Crippen molar-refractivity contribution in [1.29, 1.82) is 0 Å². The average Bonchev–Trinajstić information content (AvgIpc) is 2.34. The molecular formula is C13H17F2NO. The van der Waals surface area contributed by atoms with E-state index in [4.69, 9.17) is 4.74 Å². The second kappa shape index (κ2) is 5.45. The van der Waals surface area contributed by atoms with Gasteiger partial charge >= 0.3 is 0 Å². The Kier molecular flexibility index (Phi) is 3.94. The lowest BCUT2D eigenvalue weighted by atomic mass is 9.97. The van der Waals surface area contributed by atoms with Crippen LogP contribution in [0.5, 0.6) is 5.75 Å². The zero-order valence-corrected chi connectivity index (χ0v) is 9.93. The van der Waals surface area contributed by atoms with Gasteiger partial charge in [-0.15, -0.1) is 0 Å². The summed E-state index contributed by atoms with van der Waals surface area (Å²) < 4.78 is 31.7. The topological polar surface area (TPSA) is 21.3 Å². The van der Waals surface area contributed by atoms with E-state index in [1.807, 2.05) is 0 Å².